The number of nitrogens with one attached hydrogen (secondary N) is 3. The average molecular weight is 155 g/mol. The van der Waals surface area contributed by atoms with E-state index in [-0.39, 0.29) is 0 Å². The first-order chi connectivity index (χ1) is 5.20. The molecule has 11 heavy (non-hydrogen) atoms. The Balaban J connectivity index is 3.41. The Morgan fingerprint density at radius 1 is 1.00 bits per heavy atom. The molecule has 0 saturated heterocycles. The van der Waals surface area contributed by atoms with E-state index < -0.39 is 11.8 Å². The second kappa shape index (κ2) is 5.19. The van der Waals surface area contributed by atoms with Crippen molar-refractivity contribution < 1.29 is 9.59 Å². The van der Waals surface area contributed by atoms with E-state index in [1.807, 2.05) is 0 Å². The highest BCUT2D eigenvalue weighted by molar-refractivity contribution is 5.88. The summed E-state index contributed by atoms with van der Waals surface area (Å²) in [7, 11) is 0. The van der Waals surface area contributed by atoms with Crippen molar-refractivity contribution >= 4 is 11.8 Å². The van der Waals surface area contributed by atoms with Crippen LogP contribution >= 0.6 is 0 Å². The zero-order valence-electron chi connectivity index (χ0n) is 5.89. The Bertz CT molecular complexity index is 168. The highest BCUT2D eigenvalue weighted by Gasteiger charge is 1.92. The average Bonchev–Trinajstić information content (AvgIpc) is 2.04. The normalized spacial score (nSPS) is 8.00. The number of rotatable bonds is 4. The standard InChI is InChI=1S/C6H9N3O2/c1-3-5(10)7-9-8-6(11)4-2/h3-4,9H,1-2H2,(H,7,10)(H,8,11). The first-order valence-electron chi connectivity index (χ1n) is 2.80. The quantitative estimate of drug-likeness (QED) is 0.360. The van der Waals surface area contributed by atoms with Crippen LogP contribution in [0.25, 0.3) is 0 Å². The molecule has 0 spiro atoms. The molecule has 60 valence electrons. The molecular weight excluding hydrogens is 146 g/mol. The molecule has 0 aliphatic heterocycles. The van der Waals surface area contributed by atoms with Crippen molar-refractivity contribution in [3.63, 3.8) is 0 Å². The number of amides is 2. The molecule has 0 heterocycles. The highest BCUT2D eigenvalue weighted by atomic mass is 16.2. The molecule has 5 nitrogen and oxygen atoms in total. The molecule has 0 rings (SSSR count). The van der Waals surface area contributed by atoms with E-state index >= 15 is 0 Å². The van der Waals surface area contributed by atoms with Crippen molar-refractivity contribution in [2.24, 2.45) is 0 Å². The Kier molecular flexibility index (Phi) is 4.42. The third-order valence-corrected chi connectivity index (χ3v) is 0.742. The Hall–Kier alpha value is -1.62. The smallest absolute Gasteiger partial charge is 0.258 e. The van der Waals surface area contributed by atoms with Crippen LogP contribution in [0.5, 0.6) is 0 Å². The minimum absolute atomic E-state index is 0.436. The number of carbonyl (C=O) groups excluding carboxylic acids is 2. The summed E-state index contributed by atoms with van der Waals surface area (Å²) in [6.07, 6.45) is 2.13. The molecule has 0 aromatic heterocycles. The van der Waals surface area contributed by atoms with Crippen molar-refractivity contribution in [2.75, 3.05) is 0 Å². The van der Waals surface area contributed by atoms with Crippen molar-refractivity contribution in [1.82, 2.24) is 16.4 Å². The van der Waals surface area contributed by atoms with Crippen LogP contribution in [0.15, 0.2) is 25.3 Å². The summed E-state index contributed by atoms with van der Waals surface area (Å²) in [6.45, 7) is 6.39. The van der Waals surface area contributed by atoms with Gasteiger partial charge in [0.1, 0.15) is 0 Å². The molecule has 3 N–H and O–H groups in total. The van der Waals surface area contributed by atoms with Crippen LogP contribution in [-0.2, 0) is 9.59 Å². The van der Waals surface area contributed by atoms with E-state index in [9.17, 15) is 9.59 Å². The fraction of sp³-hybridized carbons (Fsp3) is 0. The second-order valence-electron chi connectivity index (χ2n) is 1.51. The van der Waals surface area contributed by atoms with Crippen molar-refractivity contribution in [3.05, 3.63) is 25.3 Å². The molecule has 0 bridgehead atoms. The van der Waals surface area contributed by atoms with E-state index in [4.69, 9.17) is 0 Å². The molecule has 0 unspecified atom stereocenters. The van der Waals surface area contributed by atoms with Crippen molar-refractivity contribution in [1.29, 1.82) is 0 Å². The first-order valence-corrected chi connectivity index (χ1v) is 2.80. The van der Waals surface area contributed by atoms with Gasteiger partial charge in [0.2, 0.25) is 0 Å². The minimum atomic E-state index is -0.436. The summed E-state index contributed by atoms with van der Waals surface area (Å²) < 4.78 is 0. The van der Waals surface area contributed by atoms with Crippen molar-refractivity contribution in [2.45, 2.75) is 0 Å². The predicted molar refractivity (Wildman–Crippen MR) is 39.8 cm³/mol. The van der Waals surface area contributed by atoms with Gasteiger partial charge in [-0.25, -0.2) is 0 Å². The molecule has 0 aromatic carbocycles. The van der Waals surface area contributed by atoms with Gasteiger partial charge >= 0.3 is 0 Å². The molecular formula is C6H9N3O2. The highest BCUT2D eigenvalue weighted by Crippen LogP contribution is 1.61. The van der Waals surface area contributed by atoms with Gasteiger partial charge in [0.15, 0.2) is 0 Å². The van der Waals surface area contributed by atoms with Crippen LogP contribution in [0.1, 0.15) is 0 Å². The van der Waals surface area contributed by atoms with Gasteiger partial charge in [-0.05, 0) is 12.2 Å². The zero-order valence-corrected chi connectivity index (χ0v) is 5.89. The molecule has 0 atom stereocenters. The maximum Gasteiger partial charge on any atom is 0.258 e. The summed E-state index contributed by atoms with van der Waals surface area (Å²) in [6, 6.07) is 0. The lowest BCUT2D eigenvalue weighted by Gasteiger charge is -2.03. The van der Waals surface area contributed by atoms with Crippen LogP contribution in [0.3, 0.4) is 0 Å². The molecule has 0 fully saturated rings. The molecule has 0 aliphatic carbocycles. The number of hydrogen-bond acceptors (Lipinski definition) is 3. The van der Waals surface area contributed by atoms with Gasteiger partial charge in [-0.15, -0.1) is 5.53 Å². The fourth-order valence-electron chi connectivity index (χ4n) is 0.257. The third-order valence-electron chi connectivity index (χ3n) is 0.742. The first kappa shape index (κ1) is 9.38. The van der Waals surface area contributed by atoms with Gasteiger partial charge in [-0.2, -0.15) is 0 Å². The summed E-state index contributed by atoms with van der Waals surface area (Å²) in [4.78, 5) is 20.8. The van der Waals surface area contributed by atoms with E-state index in [1.165, 1.54) is 0 Å². The third kappa shape index (κ3) is 4.86. The molecule has 0 aliphatic rings. The Morgan fingerprint density at radius 3 is 1.64 bits per heavy atom. The summed E-state index contributed by atoms with van der Waals surface area (Å²) in [5.74, 6) is -0.872. The SMILES string of the molecule is C=CC(=O)NNNC(=O)C=C. The van der Waals surface area contributed by atoms with E-state index in [0.29, 0.717) is 0 Å². The Morgan fingerprint density at radius 2 is 1.36 bits per heavy atom. The maximum atomic E-state index is 10.4. The number of carbonyl (C=O) groups is 2. The van der Waals surface area contributed by atoms with Gasteiger partial charge in [-0.1, -0.05) is 13.2 Å². The fourth-order valence-corrected chi connectivity index (χ4v) is 0.257. The topological polar surface area (TPSA) is 70.2 Å². The van der Waals surface area contributed by atoms with Gasteiger partial charge < -0.3 is 0 Å². The van der Waals surface area contributed by atoms with Gasteiger partial charge in [0.05, 0.1) is 0 Å². The molecule has 0 saturated carbocycles. The van der Waals surface area contributed by atoms with Gasteiger partial charge in [0, 0.05) is 0 Å². The zero-order chi connectivity index (χ0) is 8.69. The molecule has 2 amide bonds. The summed E-state index contributed by atoms with van der Waals surface area (Å²) in [5, 5.41) is 0. The lowest BCUT2D eigenvalue weighted by Crippen LogP contribution is -2.48. The van der Waals surface area contributed by atoms with E-state index in [0.717, 1.165) is 12.2 Å². The van der Waals surface area contributed by atoms with E-state index in [1.54, 1.807) is 0 Å². The van der Waals surface area contributed by atoms with Crippen molar-refractivity contribution in [3.8, 4) is 0 Å². The largest absolute Gasteiger partial charge is 0.270 e. The van der Waals surface area contributed by atoms with E-state index in [2.05, 4.69) is 29.5 Å². The van der Waals surface area contributed by atoms with Crippen LogP contribution in [0.2, 0.25) is 0 Å². The van der Waals surface area contributed by atoms with Crippen LogP contribution in [0.4, 0.5) is 0 Å². The molecule has 0 radical (unpaired) electrons. The maximum absolute atomic E-state index is 10.4. The predicted octanol–water partition coefficient (Wildman–Crippen LogP) is -0.990. The van der Waals surface area contributed by atoms with Gasteiger partial charge in [0.25, 0.3) is 11.8 Å². The Labute approximate surface area is 64.1 Å². The number of hydrogen-bond donors (Lipinski definition) is 3. The molecule has 0 aromatic rings. The summed E-state index contributed by atoms with van der Waals surface area (Å²) in [5.41, 5.74) is 6.37. The van der Waals surface area contributed by atoms with Crippen LogP contribution < -0.4 is 16.4 Å². The van der Waals surface area contributed by atoms with Crippen LogP contribution in [-0.4, -0.2) is 11.8 Å². The lowest BCUT2D eigenvalue weighted by molar-refractivity contribution is -0.120. The summed E-state index contributed by atoms with van der Waals surface area (Å²) >= 11 is 0. The van der Waals surface area contributed by atoms with Gasteiger partial charge in [-0.3, -0.25) is 20.4 Å². The number of hydrazine groups is 2. The second-order valence-corrected chi connectivity index (χ2v) is 1.51. The monoisotopic (exact) mass is 155 g/mol. The minimum Gasteiger partial charge on any atom is -0.270 e. The lowest BCUT2D eigenvalue weighted by atomic mass is 10.6. The molecule has 5 heteroatoms. The van der Waals surface area contributed by atoms with Crippen LogP contribution in [0, 0.1) is 0 Å².